The van der Waals surface area contributed by atoms with Gasteiger partial charge in [-0.2, -0.15) is 0 Å². The zero-order chi connectivity index (χ0) is 13.1. The van der Waals surface area contributed by atoms with Crippen LogP contribution in [0.15, 0.2) is 5.16 Å². The molecule has 1 atom stereocenters. The van der Waals surface area contributed by atoms with Gasteiger partial charge in [0.05, 0.1) is 18.4 Å². The van der Waals surface area contributed by atoms with Crippen LogP contribution in [0.3, 0.4) is 0 Å². The highest BCUT2D eigenvalue weighted by atomic mass is 32.2. The maximum Gasteiger partial charge on any atom is 0.313 e. The highest BCUT2D eigenvalue weighted by Crippen LogP contribution is 2.29. The molecule has 0 aliphatic carbocycles. The Hall–Kier alpha value is -1.08. The Bertz CT molecular complexity index is 427. The van der Waals surface area contributed by atoms with Gasteiger partial charge < -0.3 is 14.4 Å². The van der Waals surface area contributed by atoms with Gasteiger partial charge in [0, 0.05) is 12.5 Å². The molecule has 1 fully saturated rings. The number of rotatable bonds is 5. The molecule has 100 valence electrons. The van der Waals surface area contributed by atoms with E-state index in [4.69, 9.17) is 9.84 Å². The maximum atomic E-state index is 10.6. The van der Waals surface area contributed by atoms with E-state index in [1.165, 1.54) is 11.8 Å². The molecule has 0 saturated carbocycles. The molecule has 1 aromatic heterocycles. The van der Waals surface area contributed by atoms with Crippen LogP contribution in [0.5, 0.6) is 0 Å². The lowest BCUT2D eigenvalue weighted by Gasteiger charge is -2.16. The molecule has 7 heteroatoms. The van der Waals surface area contributed by atoms with Crippen LogP contribution < -0.4 is 0 Å². The van der Waals surface area contributed by atoms with Crippen LogP contribution in [0.2, 0.25) is 0 Å². The number of hydrogen-bond acceptors (Lipinski definition) is 5. The van der Waals surface area contributed by atoms with E-state index < -0.39 is 5.97 Å². The zero-order valence-electron chi connectivity index (χ0n) is 10.5. The smallest absolute Gasteiger partial charge is 0.313 e. The summed E-state index contributed by atoms with van der Waals surface area (Å²) in [6.07, 6.45) is 0.929. The molecule has 1 saturated heterocycles. The Labute approximate surface area is 110 Å². The predicted octanol–water partition coefficient (Wildman–Crippen LogP) is 1.54. The van der Waals surface area contributed by atoms with Crippen molar-refractivity contribution in [1.82, 2.24) is 14.8 Å². The van der Waals surface area contributed by atoms with Crippen molar-refractivity contribution < 1.29 is 14.6 Å². The summed E-state index contributed by atoms with van der Waals surface area (Å²) in [4.78, 5) is 10.6. The number of aliphatic carboxylic acids is 1. The molecule has 1 N–H and O–H groups in total. The number of hydrogen-bond donors (Lipinski definition) is 1. The van der Waals surface area contributed by atoms with E-state index in [1.54, 1.807) is 0 Å². The SMILES string of the molecule is CC(C)c1nnc(SCC(=O)O)n1C1CCOC1. The molecule has 1 aliphatic heterocycles. The molecular formula is C11H17N3O3S. The Morgan fingerprint density at radius 2 is 2.39 bits per heavy atom. The van der Waals surface area contributed by atoms with Gasteiger partial charge in [-0.1, -0.05) is 25.6 Å². The molecule has 0 radical (unpaired) electrons. The van der Waals surface area contributed by atoms with E-state index in [0.29, 0.717) is 11.8 Å². The Morgan fingerprint density at radius 1 is 1.61 bits per heavy atom. The predicted molar refractivity (Wildman–Crippen MR) is 66.9 cm³/mol. The second-order valence-electron chi connectivity index (χ2n) is 4.57. The first-order valence-electron chi connectivity index (χ1n) is 5.96. The molecule has 1 aliphatic rings. The quantitative estimate of drug-likeness (QED) is 0.819. The summed E-state index contributed by atoms with van der Waals surface area (Å²) in [5.41, 5.74) is 0. The molecule has 2 rings (SSSR count). The van der Waals surface area contributed by atoms with Crippen molar-refractivity contribution in [2.45, 2.75) is 37.4 Å². The fourth-order valence-corrected chi connectivity index (χ4v) is 2.71. The number of carboxylic acid groups (broad SMARTS) is 1. The standard InChI is InChI=1S/C11H17N3O3S/c1-7(2)10-12-13-11(18-6-9(15)16)14(10)8-3-4-17-5-8/h7-8H,3-6H2,1-2H3,(H,15,16). The van der Waals surface area contributed by atoms with E-state index in [-0.39, 0.29) is 17.7 Å². The first-order valence-corrected chi connectivity index (χ1v) is 6.95. The number of carboxylic acids is 1. The fraction of sp³-hybridized carbons (Fsp3) is 0.727. The minimum atomic E-state index is -0.844. The summed E-state index contributed by atoms with van der Waals surface area (Å²) in [7, 11) is 0. The molecule has 18 heavy (non-hydrogen) atoms. The van der Waals surface area contributed by atoms with Gasteiger partial charge in [0.1, 0.15) is 5.82 Å². The van der Waals surface area contributed by atoms with Gasteiger partial charge in [-0.3, -0.25) is 4.79 Å². The van der Waals surface area contributed by atoms with Crippen LogP contribution in [0, 0.1) is 0 Å². The number of aromatic nitrogens is 3. The summed E-state index contributed by atoms with van der Waals surface area (Å²) < 4.78 is 7.44. The van der Waals surface area contributed by atoms with E-state index in [2.05, 4.69) is 24.0 Å². The summed E-state index contributed by atoms with van der Waals surface area (Å²) in [6.45, 7) is 5.51. The molecule has 0 aromatic carbocycles. The van der Waals surface area contributed by atoms with Crippen molar-refractivity contribution in [3.05, 3.63) is 5.82 Å². The summed E-state index contributed by atoms with van der Waals surface area (Å²) in [6, 6.07) is 0.230. The average molecular weight is 271 g/mol. The van der Waals surface area contributed by atoms with Crippen LogP contribution in [0.4, 0.5) is 0 Å². The first kappa shape index (κ1) is 13.4. The van der Waals surface area contributed by atoms with Gasteiger partial charge >= 0.3 is 5.97 Å². The van der Waals surface area contributed by atoms with Crippen molar-refractivity contribution in [1.29, 1.82) is 0 Å². The maximum absolute atomic E-state index is 10.6. The lowest BCUT2D eigenvalue weighted by atomic mass is 10.2. The van der Waals surface area contributed by atoms with E-state index in [9.17, 15) is 4.79 Å². The van der Waals surface area contributed by atoms with Crippen molar-refractivity contribution >= 4 is 17.7 Å². The third-order valence-corrected chi connectivity index (χ3v) is 3.73. The van der Waals surface area contributed by atoms with Crippen molar-refractivity contribution in [2.75, 3.05) is 19.0 Å². The zero-order valence-corrected chi connectivity index (χ0v) is 11.3. The third-order valence-electron chi connectivity index (χ3n) is 2.80. The van der Waals surface area contributed by atoms with E-state index in [1.807, 2.05) is 4.57 Å². The van der Waals surface area contributed by atoms with Crippen LogP contribution in [-0.4, -0.2) is 44.8 Å². The normalized spacial score (nSPS) is 19.6. The molecule has 1 aromatic rings. The second-order valence-corrected chi connectivity index (χ2v) is 5.51. The van der Waals surface area contributed by atoms with Crippen LogP contribution in [0.25, 0.3) is 0 Å². The van der Waals surface area contributed by atoms with E-state index in [0.717, 1.165) is 18.9 Å². The molecule has 2 heterocycles. The summed E-state index contributed by atoms with van der Waals surface area (Å²) in [5, 5.41) is 17.7. The topological polar surface area (TPSA) is 77.2 Å². The van der Waals surface area contributed by atoms with Crippen molar-refractivity contribution in [3.63, 3.8) is 0 Å². The summed E-state index contributed by atoms with van der Waals surface area (Å²) >= 11 is 1.21. The van der Waals surface area contributed by atoms with Crippen LogP contribution in [-0.2, 0) is 9.53 Å². The minimum Gasteiger partial charge on any atom is -0.481 e. The fourth-order valence-electron chi connectivity index (χ4n) is 1.98. The van der Waals surface area contributed by atoms with Crippen molar-refractivity contribution in [2.24, 2.45) is 0 Å². The molecule has 0 amide bonds. The number of carbonyl (C=O) groups is 1. The molecule has 0 bridgehead atoms. The lowest BCUT2D eigenvalue weighted by molar-refractivity contribution is -0.133. The van der Waals surface area contributed by atoms with Gasteiger partial charge in [0.2, 0.25) is 0 Å². The molecule has 6 nitrogen and oxygen atoms in total. The Morgan fingerprint density at radius 3 is 2.94 bits per heavy atom. The number of nitrogens with zero attached hydrogens (tertiary/aromatic N) is 3. The average Bonchev–Trinajstić information content (AvgIpc) is 2.94. The van der Waals surface area contributed by atoms with Gasteiger partial charge in [-0.15, -0.1) is 10.2 Å². The highest BCUT2D eigenvalue weighted by Gasteiger charge is 2.26. The van der Waals surface area contributed by atoms with Gasteiger partial charge in [-0.25, -0.2) is 0 Å². The highest BCUT2D eigenvalue weighted by molar-refractivity contribution is 7.99. The monoisotopic (exact) mass is 271 g/mol. The van der Waals surface area contributed by atoms with Crippen molar-refractivity contribution in [3.8, 4) is 0 Å². The van der Waals surface area contributed by atoms with Crippen LogP contribution in [0.1, 0.15) is 38.1 Å². The Kier molecular flexibility index (Phi) is 4.23. The number of thioether (sulfide) groups is 1. The lowest BCUT2D eigenvalue weighted by Crippen LogP contribution is -2.15. The van der Waals surface area contributed by atoms with E-state index >= 15 is 0 Å². The minimum absolute atomic E-state index is 0.00378. The first-order chi connectivity index (χ1) is 8.59. The van der Waals surface area contributed by atoms with Gasteiger partial charge in [-0.05, 0) is 6.42 Å². The summed E-state index contributed by atoms with van der Waals surface area (Å²) in [5.74, 6) is 0.322. The molecule has 1 unspecified atom stereocenters. The van der Waals surface area contributed by atoms with Gasteiger partial charge in [0.25, 0.3) is 0 Å². The second kappa shape index (κ2) is 5.71. The molecular weight excluding hydrogens is 254 g/mol. The third kappa shape index (κ3) is 2.84. The van der Waals surface area contributed by atoms with Crippen LogP contribution >= 0.6 is 11.8 Å². The largest absolute Gasteiger partial charge is 0.481 e. The van der Waals surface area contributed by atoms with Gasteiger partial charge in [0.15, 0.2) is 5.16 Å². The number of ether oxygens (including phenoxy) is 1. The molecule has 0 spiro atoms. The Balaban J connectivity index is 2.25.